The van der Waals surface area contributed by atoms with Crippen molar-refractivity contribution >= 4 is 5.97 Å². The van der Waals surface area contributed by atoms with Gasteiger partial charge < -0.3 is 4.74 Å². The molecular formula is C9H17O3. The van der Waals surface area contributed by atoms with Crippen LogP contribution in [0, 0.1) is 0 Å². The Morgan fingerprint density at radius 3 is 2.50 bits per heavy atom. The lowest BCUT2D eigenvalue weighted by Crippen LogP contribution is -2.21. The molecule has 0 N–H and O–H groups in total. The first-order chi connectivity index (χ1) is 5.72. The lowest BCUT2D eigenvalue weighted by molar-refractivity contribution is -0.157. The molecular weight excluding hydrogens is 156 g/mol. The zero-order valence-corrected chi connectivity index (χ0v) is 7.84. The van der Waals surface area contributed by atoms with Gasteiger partial charge in [0.05, 0.1) is 6.61 Å². The highest BCUT2D eigenvalue weighted by molar-refractivity contribution is 5.74. The van der Waals surface area contributed by atoms with E-state index in [1.54, 1.807) is 6.92 Å². The van der Waals surface area contributed by atoms with Crippen molar-refractivity contribution in [3.8, 4) is 0 Å². The molecule has 0 bridgehead atoms. The second-order valence-corrected chi connectivity index (χ2v) is 2.74. The van der Waals surface area contributed by atoms with Gasteiger partial charge in [-0.05, 0) is 13.3 Å². The van der Waals surface area contributed by atoms with E-state index in [9.17, 15) is 9.90 Å². The van der Waals surface area contributed by atoms with Gasteiger partial charge in [0.15, 0.2) is 6.10 Å². The van der Waals surface area contributed by atoms with E-state index in [4.69, 9.17) is 0 Å². The van der Waals surface area contributed by atoms with Crippen LogP contribution in [0.4, 0.5) is 0 Å². The highest BCUT2D eigenvalue weighted by Crippen LogP contribution is 2.04. The molecule has 0 aromatic heterocycles. The molecule has 0 amide bonds. The molecule has 0 aliphatic carbocycles. The van der Waals surface area contributed by atoms with Crippen LogP contribution in [0.15, 0.2) is 0 Å². The van der Waals surface area contributed by atoms with E-state index in [1.165, 1.54) is 0 Å². The molecule has 3 nitrogen and oxygen atoms in total. The summed E-state index contributed by atoms with van der Waals surface area (Å²) in [6.45, 7) is 4.06. The van der Waals surface area contributed by atoms with Crippen molar-refractivity contribution in [2.24, 2.45) is 0 Å². The minimum absolute atomic E-state index is 0.297. The highest BCUT2D eigenvalue weighted by Gasteiger charge is 2.16. The van der Waals surface area contributed by atoms with Gasteiger partial charge in [-0.2, -0.15) is 0 Å². The monoisotopic (exact) mass is 173 g/mol. The summed E-state index contributed by atoms with van der Waals surface area (Å²) in [4.78, 5) is 10.8. The van der Waals surface area contributed by atoms with E-state index >= 15 is 0 Å². The van der Waals surface area contributed by atoms with Gasteiger partial charge in [0, 0.05) is 0 Å². The van der Waals surface area contributed by atoms with Crippen LogP contribution in [0.25, 0.3) is 0 Å². The maximum atomic E-state index is 11.0. The number of esters is 1. The Bertz CT molecular complexity index is 123. The smallest absolute Gasteiger partial charge is 0.338 e. The van der Waals surface area contributed by atoms with Crippen molar-refractivity contribution < 1.29 is 14.6 Å². The molecule has 1 unspecified atom stereocenters. The molecule has 0 aromatic rings. The number of carbonyl (C=O) groups excluding carboxylic acids is 1. The average Bonchev–Trinajstić information content (AvgIpc) is 2.05. The lowest BCUT2D eigenvalue weighted by Gasteiger charge is -2.06. The van der Waals surface area contributed by atoms with Crippen LogP contribution in [0.2, 0.25) is 0 Å². The van der Waals surface area contributed by atoms with Gasteiger partial charge in [-0.15, -0.1) is 0 Å². The fraction of sp³-hybridized carbons (Fsp3) is 0.889. The van der Waals surface area contributed by atoms with Crippen LogP contribution < -0.4 is 0 Å². The highest BCUT2D eigenvalue weighted by atomic mass is 16.5. The molecule has 3 heteroatoms. The summed E-state index contributed by atoms with van der Waals surface area (Å²) < 4.78 is 4.58. The summed E-state index contributed by atoms with van der Waals surface area (Å²) in [5, 5.41) is 11.0. The van der Waals surface area contributed by atoms with Crippen molar-refractivity contribution in [1.82, 2.24) is 0 Å². The summed E-state index contributed by atoms with van der Waals surface area (Å²) in [5.41, 5.74) is 0. The van der Waals surface area contributed by atoms with Gasteiger partial charge in [0.1, 0.15) is 0 Å². The second-order valence-electron chi connectivity index (χ2n) is 2.74. The quantitative estimate of drug-likeness (QED) is 0.455. The van der Waals surface area contributed by atoms with Crippen molar-refractivity contribution in [2.75, 3.05) is 6.61 Å². The number of hydrogen-bond donors (Lipinski definition) is 0. The van der Waals surface area contributed by atoms with Crippen molar-refractivity contribution in [1.29, 1.82) is 0 Å². The first-order valence-electron chi connectivity index (χ1n) is 4.54. The van der Waals surface area contributed by atoms with Crippen LogP contribution >= 0.6 is 0 Å². The number of ether oxygens (including phenoxy) is 1. The minimum Gasteiger partial charge on any atom is -0.464 e. The third-order valence-electron chi connectivity index (χ3n) is 1.62. The fourth-order valence-corrected chi connectivity index (χ4v) is 0.933. The molecule has 0 fully saturated rings. The SMILES string of the molecule is CCCCCC([O])C(=O)OCC. The summed E-state index contributed by atoms with van der Waals surface area (Å²) >= 11 is 0. The zero-order chi connectivity index (χ0) is 9.40. The van der Waals surface area contributed by atoms with E-state index in [2.05, 4.69) is 11.7 Å². The van der Waals surface area contributed by atoms with Crippen LogP contribution in [0.5, 0.6) is 0 Å². The van der Waals surface area contributed by atoms with E-state index in [0.717, 1.165) is 19.3 Å². The topological polar surface area (TPSA) is 46.2 Å². The van der Waals surface area contributed by atoms with Crippen LogP contribution in [0.1, 0.15) is 39.5 Å². The first kappa shape index (κ1) is 11.4. The summed E-state index contributed by atoms with van der Waals surface area (Å²) in [7, 11) is 0. The lowest BCUT2D eigenvalue weighted by atomic mass is 10.1. The van der Waals surface area contributed by atoms with Gasteiger partial charge >= 0.3 is 5.97 Å². The number of rotatable bonds is 6. The first-order valence-corrected chi connectivity index (χ1v) is 4.54. The Morgan fingerprint density at radius 1 is 1.33 bits per heavy atom. The number of unbranched alkanes of at least 4 members (excludes halogenated alkanes) is 2. The average molecular weight is 173 g/mol. The molecule has 0 saturated heterocycles. The summed E-state index contributed by atoms with van der Waals surface area (Å²) in [6.07, 6.45) is 2.14. The normalized spacial score (nSPS) is 12.6. The molecule has 0 heterocycles. The van der Waals surface area contributed by atoms with E-state index < -0.39 is 12.1 Å². The molecule has 1 atom stereocenters. The summed E-state index contributed by atoms with van der Waals surface area (Å²) in [5.74, 6) is -0.603. The van der Waals surface area contributed by atoms with Crippen LogP contribution in [0.3, 0.4) is 0 Å². The Labute approximate surface area is 73.7 Å². The Morgan fingerprint density at radius 2 is 2.00 bits per heavy atom. The van der Waals surface area contributed by atoms with Gasteiger partial charge in [-0.3, -0.25) is 0 Å². The molecule has 71 valence electrons. The summed E-state index contributed by atoms with van der Waals surface area (Å²) in [6, 6.07) is 0. The maximum absolute atomic E-state index is 11.0. The zero-order valence-electron chi connectivity index (χ0n) is 7.84. The number of hydrogen-bond acceptors (Lipinski definition) is 2. The Balaban J connectivity index is 3.42. The molecule has 0 saturated carbocycles. The van der Waals surface area contributed by atoms with Crippen LogP contribution in [-0.2, 0) is 14.6 Å². The fourth-order valence-electron chi connectivity index (χ4n) is 0.933. The minimum atomic E-state index is -1.17. The van der Waals surface area contributed by atoms with Gasteiger partial charge in [-0.25, -0.2) is 9.90 Å². The number of carbonyl (C=O) groups is 1. The third kappa shape index (κ3) is 5.13. The molecule has 0 rings (SSSR count). The largest absolute Gasteiger partial charge is 0.464 e. The van der Waals surface area contributed by atoms with E-state index in [0.29, 0.717) is 13.0 Å². The van der Waals surface area contributed by atoms with Crippen molar-refractivity contribution in [2.45, 2.75) is 45.6 Å². The van der Waals surface area contributed by atoms with E-state index in [-0.39, 0.29) is 0 Å². The second kappa shape index (κ2) is 7.10. The Kier molecular flexibility index (Phi) is 6.76. The molecule has 0 aliphatic heterocycles. The third-order valence-corrected chi connectivity index (χ3v) is 1.62. The molecule has 0 aliphatic rings. The van der Waals surface area contributed by atoms with E-state index in [1.807, 2.05) is 0 Å². The predicted molar refractivity (Wildman–Crippen MR) is 45.2 cm³/mol. The van der Waals surface area contributed by atoms with Gasteiger partial charge in [-0.1, -0.05) is 26.2 Å². The van der Waals surface area contributed by atoms with Crippen LogP contribution in [-0.4, -0.2) is 18.7 Å². The molecule has 0 spiro atoms. The predicted octanol–water partition coefficient (Wildman–Crippen LogP) is 1.93. The van der Waals surface area contributed by atoms with Gasteiger partial charge in [0.25, 0.3) is 0 Å². The van der Waals surface area contributed by atoms with Gasteiger partial charge in [0.2, 0.25) is 0 Å². The van der Waals surface area contributed by atoms with Crippen molar-refractivity contribution in [3.63, 3.8) is 0 Å². The van der Waals surface area contributed by atoms with Crippen molar-refractivity contribution in [3.05, 3.63) is 0 Å². The molecule has 1 radical (unpaired) electrons. The molecule has 12 heavy (non-hydrogen) atoms. The standard InChI is InChI=1S/C9H17O3/c1-3-5-6-7-8(10)9(11)12-4-2/h8H,3-7H2,1-2H3. The Hall–Kier alpha value is -0.570. The molecule has 0 aromatic carbocycles. The maximum Gasteiger partial charge on any atom is 0.338 e.